The van der Waals surface area contributed by atoms with Gasteiger partial charge in [0.15, 0.2) is 11.6 Å². The normalized spacial score (nSPS) is 25.0. The second kappa shape index (κ2) is 7.48. The molecule has 3 fully saturated rings. The van der Waals surface area contributed by atoms with Crippen LogP contribution in [0.2, 0.25) is 0 Å². The highest BCUT2D eigenvalue weighted by Gasteiger charge is 2.38. The van der Waals surface area contributed by atoms with Crippen molar-refractivity contribution in [1.29, 1.82) is 0 Å². The van der Waals surface area contributed by atoms with Crippen LogP contribution in [0.1, 0.15) is 86.5 Å². The number of hydrogen-bond acceptors (Lipinski definition) is 4. The summed E-state index contributed by atoms with van der Waals surface area (Å²) in [4.78, 5) is 19.6. The number of oxazole rings is 1. The summed E-state index contributed by atoms with van der Waals surface area (Å²) in [6, 6.07) is 0. The first-order valence-electron chi connectivity index (χ1n) is 10.1. The minimum Gasteiger partial charge on any atom is -0.448 e. The van der Waals surface area contributed by atoms with Crippen LogP contribution in [0.5, 0.6) is 0 Å². The molecule has 3 heterocycles. The van der Waals surface area contributed by atoms with Crippen molar-refractivity contribution in [2.75, 3.05) is 26.3 Å². The SMILES string of the molecule is O=C(c1coc(C2CCOCC2)n1)N1CCCC2(CCCCCC2)C1. The average Bonchev–Trinajstić information content (AvgIpc) is 3.05. The number of hydrogen-bond donors (Lipinski definition) is 0. The van der Waals surface area contributed by atoms with E-state index >= 15 is 0 Å². The summed E-state index contributed by atoms with van der Waals surface area (Å²) < 4.78 is 11.1. The summed E-state index contributed by atoms with van der Waals surface area (Å²) in [5, 5.41) is 0. The van der Waals surface area contributed by atoms with E-state index in [2.05, 4.69) is 4.98 Å². The Kier molecular flexibility index (Phi) is 5.11. The van der Waals surface area contributed by atoms with Crippen molar-refractivity contribution in [3.63, 3.8) is 0 Å². The van der Waals surface area contributed by atoms with Crippen LogP contribution in [-0.4, -0.2) is 42.1 Å². The van der Waals surface area contributed by atoms with Crippen LogP contribution in [0.4, 0.5) is 0 Å². The van der Waals surface area contributed by atoms with Crippen molar-refractivity contribution in [2.45, 2.75) is 70.1 Å². The van der Waals surface area contributed by atoms with Crippen LogP contribution in [0.3, 0.4) is 0 Å². The van der Waals surface area contributed by atoms with E-state index < -0.39 is 0 Å². The van der Waals surface area contributed by atoms with Crippen LogP contribution in [0.15, 0.2) is 10.7 Å². The van der Waals surface area contributed by atoms with Crippen LogP contribution in [0, 0.1) is 5.41 Å². The molecule has 2 saturated heterocycles. The number of carbonyl (C=O) groups excluding carboxylic acids is 1. The molecule has 0 aromatic carbocycles. The number of likely N-dealkylation sites (tertiary alicyclic amines) is 1. The van der Waals surface area contributed by atoms with Crippen LogP contribution in [0.25, 0.3) is 0 Å². The van der Waals surface area contributed by atoms with Crippen molar-refractivity contribution in [3.05, 3.63) is 17.8 Å². The van der Waals surface area contributed by atoms with E-state index in [1.54, 1.807) is 6.26 Å². The quantitative estimate of drug-likeness (QED) is 0.807. The fourth-order valence-electron chi connectivity index (χ4n) is 4.95. The molecule has 0 radical (unpaired) electrons. The third-order valence-electron chi connectivity index (χ3n) is 6.42. The lowest BCUT2D eigenvalue weighted by molar-refractivity contribution is 0.0459. The highest BCUT2D eigenvalue weighted by atomic mass is 16.5. The summed E-state index contributed by atoms with van der Waals surface area (Å²) in [6.45, 7) is 3.28. The van der Waals surface area contributed by atoms with Gasteiger partial charge in [-0.3, -0.25) is 4.79 Å². The molecule has 1 aromatic heterocycles. The summed E-state index contributed by atoms with van der Waals surface area (Å²) in [5.41, 5.74) is 0.852. The number of nitrogens with zero attached hydrogens (tertiary/aromatic N) is 2. The molecule has 3 aliphatic rings. The number of ether oxygens (including phenoxy) is 1. The maximum atomic E-state index is 13.0. The van der Waals surface area contributed by atoms with Gasteiger partial charge in [-0.2, -0.15) is 0 Å². The zero-order valence-corrected chi connectivity index (χ0v) is 15.2. The Bertz CT molecular complexity index is 584. The molecule has 0 N–H and O–H groups in total. The summed E-state index contributed by atoms with van der Waals surface area (Å²) in [5.74, 6) is 1.07. The Balaban J connectivity index is 1.44. The van der Waals surface area contributed by atoms with E-state index in [0.717, 1.165) is 45.6 Å². The Morgan fingerprint density at radius 1 is 1.08 bits per heavy atom. The second-order valence-electron chi connectivity index (χ2n) is 8.20. The largest absolute Gasteiger partial charge is 0.448 e. The lowest BCUT2D eigenvalue weighted by Crippen LogP contribution is -2.46. The molecular formula is C20H30N2O3. The van der Waals surface area contributed by atoms with E-state index in [1.807, 2.05) is 4.90 Å². The smallest absolute Gasteiger partial charge is 0.275 e. The van der Waals surface area contributed by atoms with Gasteiger partial charge in [0.2, 0.25) is 0 Å². The van der Waals surface area contributed by atoms with Crippen molar-refractivity contribution < 1.29 is 13.9 Å². The maximum absolute atomic E-state index is 13.0. The first-order chi connectivity index (χ1) is 12.3. The minimum absolute atomic E-state index is 0.0605. The molecule has 1 amide bonds. The number of carbonyl (C=O) groups is 1. The molecule has 1 saturated carbocycles. The first-order valence-corrected chi connectivity index (χ1v) is 10.1. The van der Waals surface area contributed by atoms with E-state index in [-0.39, 0.29) is 5.91 Å². The van der Waals surface area contributed by atoms with E-state index in [1.165, 1.54) is 44.9 Å². The fraction of sp³-hybridized carbons (Fsp3) is 0.800. The highest BCUT2D eigenvalue weighted by molar-refractivity contribution is 5.92. The van der Waals surface area contributed by atoms with Crippen LogP contribution in [-0.2, 0) is 4.74 Å². The van der Waals surface area contributed by atoms with Gasteiger partial charge in [-0.1, -0.05) is 25.7 Å². The van der Waals surface area contributed by atoms with Gasteiger partial charge in [-0.25, -0.2) is 4.98 Å². The number of piperidine rings is 1. The molecule has 0 bridgehead atoms. The predicted octanol–water partition coefficient (Wildman–Crippen LogP) is 4.15. The summed E-state index contributed by atoms with van der Waals surface area (Å²) >= 11 is 0. The van der Waals surface area contributed by atoms with Gasteiger partial charge in [-0.15, -0.1) is 0 Å². The van der Waals surface area contributed by atoms with E-state index in [4.69, 9.17) is 9.15 Å². The molecule has 0 unspecified atom stereocenters. The molecular weight excluding hydrogens is 316 g/mol. The molecule has 2 aliphatic heterocycles. The Labute approximate surface area is 150 Å². The molecule has 1 aromatic rings. The second-order valence-corrected chi connectivity index (χ2v) is 8.20. The Morgan fingerprint density at radius 2 is 1.80 bits per heavy atom. The van der Waals surface area contributed by atoms with E-state index in [0.29, 0.717) is 22.9 Å². The maximum Gasteiger partial charge on any atom is 0.275 e. The molecule has 25 heavy (non-hydrogen) atoms. The van der Waals surface area contributed by atoms with Crippen LogP contribution >= 0.6 is 0 Å². The third kappa shape index (κ3) is 3.76. The molecule has 0 atom stereocenters. The molecule has 1 aliphatic carbocycles. The summed E-state index contributed by atoms with van der Waals surface area (Å²) in [6.07, 6.45) is 13.7. The zero-order chi connectivity index (χ0) is 17.1. The lowest BCUT2D eigenvalue weighted by Gasteiger charge is -2.42. The zero-order valence-electron chi connectivity index (χ0n) is 15.2. The molecule has 4 rings (SSSR count). The Hall–Kier alpha value is -1.36. The topological polar surface area (TPSA) is 55.6 Å². The number of amides is 1. The third-order valence-corrected chi connectivity index (χ3v) is 6.42. The Morgan fingerprint density at radius 3 is 2.56 bits per heavy atom. The number of rotatable bonds is 2. The predicted molar refractivity (Wildman–Crippen MR) is 94.6 cm³/mol. The fourth-order valence-corrected chi connectivity index (χ4v) is 4.95. The van der Waals surface area contributed by atoms with Gasteiger partial charge in [0.05, 0.1) is 0 Å². The molecule has 1 spiro atoms. The van der Waals surface area contributed by atoms with Gasteiger partial charge in [0.25, 0.3) is 5.91 Å². The van der Waals surface area contributed by atoms with Crippen molar-refractivity contribution in [2.24, 2.45) is 5.41 Å². The molecule has 5 heteroatoms. The average molecular weight is 346 g/mol. The highest BCUT2D eigenvalue weighted by Crippen LogP contribution is 2.42. The number of aromatic nitrogens is 1. The van der Waals surface area contributed by atoms with Crippen molar-refractivity contribution in [1.82, 2.24) is 9.88 Å². The lowest BCUT2D eigenvalue weighted by atomic mass is 9.74. The van der Waals surface area contributed by atoms with E-state index in [9.17, 15) is 4.79 Å². The van der Waals surface area contributed by atoms with Crippen LogP contribution < -0.4 is 0 Å². The van der Waals surface area contributed by atoms with Crippen molar-refractivity contribution in [3.8, 4) is 0 Å². The molecule has 138 valence electrons. The monoisotopic (exact) mass is 346 g/mol. The van der Waals surface area contributed by atoms with Gasteiger partial charge >= 0.3 is 0 Å². The summed E-state index contributed by atoms with van der Waals surface area (Å²) in [7, 11) is 0. The molecule has 5 nitrogen and oxygen atoms in total. The van der Waals surface area contributed by atoms with Gasteiger partial charge < -0.3 is 14.1 Å². The first kappa shape index (κ1) is 17.1. The van der Waals surface area contributed by atoms with Gasteiger partial charge in [0, 0.05) is 32.2 Å². The van der Waals surface area contributed by atoms with Gasteiger partial charge in [-0.05, 0) is 43.9 Å². The van der Waals surface area contributed by atoms with Crippen molar-refractivity contribution >= 4 is 5.91 Å². The standard InChI is InChI=1S/C20H30N2O3/c23-19(17-14-25-18(21-17)16-6-12-24-13-7-16)22-11-5-10-20(15-22)8-3-1-2-4-9-20/h14,16H,1-13,15H2. The van der Waals surface area contributed by atoms with Gasteiger partial charge in [0.1, 0.15) is 6.26 Å². The minimum atomic E-state index is 0.0605.